The summed E-state index contributed by atoms with van der Waals surface area (Å²) in [6.07, 6.45) is 6.86. The van der Waals surface area contributed by atoms with Gasteiger partial charge in [-0.25, -0.2) is 0 Å². The van der Waals surface area contributed by atoms with E-state index in [1.807, 2.05) is 12.3 Å². The van der Waals surface area contributed by atoms with Crippen LogP contribution < -0.4 is 5.73 Å². The Morgan fingerprint density at radius 3 is 2.93 bits per heavy atom. The van der Waals surface area contributed by atoms with Crippen LogP contribution in [-0.4, -0.2) is 26.3 Å². The molecule has 72 valence electrons. The number of nitrogens with zero attached hydrogens (tertiary/aromatic N) is 4. The zero-order valence-corrected chi connectivity index (χ0v) is 7.67. The van der Waals surface area contributed by atoms with Crippen LogP contribution >= 0.6 is 0 Å². The summed E-state index contributed by atoms with van der Waals surface area (Å²) in [5, 5.41) is 4.30. The fraction of sp³-hybridized carbons (Fsp3) is 0.222. The highest BCUT2D eigenvalue weighted by Gasteiger charge is 2.02. The highest BCUT2D eigenvalue weighted by Crippen LogP contribution is 2.11. The highest BCUT2D eigenvalue weighted by atomic mass is 15.3. The van der Waals surface area contributed by atoms with Crippen molar-refractivity contribution in [2.75, 3.05) is 6.54 Å². The molecule has 14 heavy (non-hydrogen) atoms. The summed E-state index contributed by atoms with van der Waals surface area (Å²) in [4.78, 5) is 8.13. The van der Waals surface area contributed by atoms with Gasteiger partial charge < -0.3 is 5.73 Å². The van der Waals surface area contributed by atoms with Crippen molar-refractivity contribution in [1.82, 2.24) is 19.7 Å². The molecule has 0 aromatic carbocycles. The van der Waals surface area contributed by atoms with Gasteiger partial charge in [-0.1, -0.05) is 0 Å². The summed E-state index contributed by atoms with van der Waals surface area (Å²) in [5.74, 6) is 0. The maximum Gasteiger partial charge on any atom is 0.112 e. The largest absolute Gasteiger partial charge is 0.329 e. The second-order valence-corrected chi connectivity index (χ2v) is 2.84. The van der Waals surface area contributed by atoms with E-state index in [9.17, 15) is 0 Å². The molecule has 0 atom stereocenters. The predicted octanol–water partition coefficient (Wildman–Crippen LogP) is 0.299. The van der Waals surface area contributed by atoms with Gasteiger partial charge >= 0.3 is 0 Å². The van der Waals surface area contributed by atoms with E-state index in [1.54, 1.807) is 23.3 Å². The SMILES string of the molecule is NCCn1ccc(-c2cnccn2)n1. The lowest BCUT2D eigenvalue weighted by molar-refractivity contribution is 0.626. The number of aromatic nitrogens is 4. The normalized spacial score (nSPS) is 10.4. The van der Waals surface area contributed by atoms with Gasteiger partial charge in [0.25, 0.3) is 0 Å². The topological polar surface area (TPSA) is 69.6 Å². The molecule has 2 aromatic rings. The molecule has 0 bridgehead atoms. The van der Waals surface area contributed by atoms with Gasteiger partial charge in [0.1, 0.15) is 11.4 Å². The third kappa shape index (κ3) is 1.77. The van der Waals surface area contributed by atoms with Crippen LogP contribution in [0, 0.1) is 0 Å². The Balaban J connectivity index is 2.25. The van der Waals surface area contributed by atoms with Crippen molar-refractivity contribution in [3.8, 4) is 11.4 Å². The van der Waals surface area contributed by atoms with E-state index < -0.39 is 0 Å². The molecule has 0 radical (unpaired) electrons. The molecule has 0 amide bonds. The van der Waals surface area contributed by atoms with Crippen molar-refractivity contribution in [2.24, 2.45) is 5.73 Å². The molecule has 5 nitrogen and oxygen atoms in total. The average molecular weight is 189 g/mol. The van der Waals surface area contributed by atoms with Crippen LogP contribution in [0.15, 0.2) is 30.9 Å². The Morgan fingerprint density at radius 2 is 2.21 bits per heavy atom. The summed E-state index contributed by atoms with van der Waals surface area (Å²) in [6.45, 7) is 1.31. The summed E-state index contributed by atoms with van der Waals surface area (Å²) in [7, 11) is 0. The van der Waals surface area contributed by atoms with Crippen LogP contribution in [0.3, 0.4) is 0 Å². The van der Waals surface area contributed by atoms with Crippen LogP contribution in [-0.2, 0) is 6.54 Å². The second-order valence-electron chi connectivity index (χ2n) is 2.84. The van der Waals surface area contributed by atoms with Crippen LogP contribution in [0.1, 0.15) is 0 Å². The van der Waals surface area contributed by atoms with E-state index in [0.29, 0.717) is 6.54 Å². The van der Waals surface area contributed by atoms with E-state index in [4.69, 9.17) is 5.73 Å². The molecule has 0 aliphatic carbocycles. The Labute approximate surface area is 81.6 Å². The molecule has 2 N–H and O–H groups in total. The predicted molar refractivity (Wildman–Crippen MR) is 52.3 cm³/mol. The van der Waals surface area contributed by atoms with Crippen molar-refractivity contribution in [3.63, 3.8) is 0 Å². The van der Waals surface area contributed by atoms with Gasteiger partial charge in [0, 0.05) is 25.1 Å². The lowest BCUT2D eigenvalue weighted by Crippen LogP contribution is -2.10. The van der Waals surface area contributed by atoms with Crippen LogP contribution in [0.4, 0.5) is 0 Å². The molecule has 0 aliphatic rings. The molecule has 0 fully saturated rings. The number of rotatable bonds is 3. The van der Waals surface area contributed by atoms with Crippen LogP contribution in [0.5, 0.6) is 0 Å². The minimum absolute atomic E-state index is 0.585. The van der Waals surface area contributed by atoms with E-state index >= 15 is 0 Å². The minimum atomic E-state index is 0.585. The number of nitrogens with two attached hydrogens (primary N) is 1. The Bertz CT molecular complexity index is 395. The van der Waals surface area contributed by atoms with Gasteiger partial charge in [-0.2, -0.15) is 5.10 Å². The zero-order valence-electron chi connectivity index (χ0n) is 7.67. The quantitative estimate of drug-likeness (QED) is 0.753. The average Bonchev–Trinajstić information content (AvgIpc) is 2.68. The van der Waals surface area contributed by atoms with Crippen molar-refractivity contribution in [3.05, 3.63) is 30.9 Å². The molecular formula is C9H11N5. The fourth-order valence-corrected chi connectivity index (χ4v) is 1.19. The summed E-state index contributed by atoms with van der Waals surface area (Å²) in [5.41, 5.74) is 7.03. The molecule has 2 heterocycles. The Kier molecular flexibility index (Phi) is 2.51. The molecule has 0 unspecified atom stereocenters. The number of hydrogen-bond donors (Lipinski definition) is 1. The molecule has 0 aliphatic heterocycles. The molecular weight excluding hydrogens is 178 g/mol. The van der Waals surface area contributed by atoms with Crippen LogP contribution in [0.25, 0.3) is 11.4 Å². The third-order valence-corrected chi connectivity index (χ3v) is 1.82. The van der Waals surface area contributed by atoms with E-state index in [0.717, 1.165) is 17.9 Å². The standard InChI is InChI=1S/C9H11N5/c10-2-6-14-5-1-8(13-14)9-7-11-3-4-12-9/h1,3-5,7H,2,6,10H2. The summed E-state index contributed by atoms with van der Waals surface area (Å²) in [6, 6.07) is 1.90. The van der Waals surface area contributed by atoms with Gasteiger partial charge in [-0.05, 0) is 6.07 Å². The monoisotopic (exact) mass is 189 g/mol. The molecule has 2 aromatic heterocycles. The lowest BCUT2D eigenvalue weighted by Gasteiger charge is -1.96. The minimum Gasteiger partial charge on any atom is -0.329 e. The van der Waals surface area contributed by atoms with Gasteiger partial charge in [0.2, 0.25) is 0 Å². The zero-order chi connectivity index (χ0) is 9.80. The number of hydrogen-bond acceptors (Lipinski definition) is 4. The van der Waals surface area contributed by atoms with Crippen molar-refractivity contribution >= 4 is 0 Å². The van der Waals surface area contributed by atoms with Crippen molar-refractivity contribution < 1.29 is 0 Å². The smallest absolute Gasteiger partial charge is 0.112 e. The first-order chi connectivity index (χ1) is 6.90. The molecule has 0 spiro atoms. The molecule has 0 saturated heterocycles. The van der Waals surface area contributed by atoms with Gasteiger partial charge in [0.15, 0.2) is 0 Å². The first-order valence-corrected chi connectivity index (χ1v) is 4.40. The fourth-order valence-electron chi connectivity index (χ4n) is 1.19. The van der Waals surface area contributed by atoms with E-state index in [-0.39, 0.29) is 0 Å². The highest BCUT2D eigenvalue weighted by molar-refractivity contribution is 5.51. The molecule has 5 heteroatoms. The van der Waals surface area contributed by atoms with Crippen molar-refractivity contribution in [2.45, 2.75) is 6.54 Å². The van der Waals surface area contributed by atoms with E-state index in [1.165, 1.54) is 0 Å². The second kappa shape index (κ2) is 3.97. The van der Waals surface area contributed by atoms with Crippen LogP contribution in [0.2, 0.25) is 0 Å². The first kappa shape index (κ1) is 8.83. The molecule has 2 rings (SSSR count). The summed E-state index contributed by atoms with van der Waals surface area (Å²) >= 11 is 0. The maximum absolute atomic E-state index is 5.42. The third-order valence-electron chi connectivity index (χ3n) is 1.82. The Hall–Kier alpha value is -1.75. The van der Waals surface area contributed by atoms with Gasteiger partial charge in [-0.3, -0.25) is 14.6 Å². The lowest BCUT2D eigenvalue weighted by atomic mass is 10.3. The van der Waals surface area contributed by atoms with E-state index in [2.05, 4.69) is 15.1 Å². The van der Waals surface area contributed by atoms with Crippen molar-refractivity contribution in [1.29, 1.82) is 0 Å². The molecule has 0 saturated carbocycles. The van der Waals surface area contributed by atoms with Gasteiger partial charge in [0.05, 0.1) is 12.7 Å². The maximum atomic E-state index is 5.42. The Morgan fingerprint density at radius 1 is 1.29 bits per heavy atom. The first-order valence-electron chi connectivity index (χ1n) is 4.40. The summed E-state index contributed by atoms with van der Waals surface area (Å²) < 4.78 is 1.80. The van der Waals surface area contributed by atoms with Gasteiger partial charge in [-0.15, -0.1) is 0 Å².